The number of aryl methyl sites for hydroxylation is 2. The van der Waals surface area contributed by atoms with Crippen LogP contribution in [-0.2, 0) is 4.79 Å². The number of amides is 1. The molecule has 0 saturated carbocycles. The summed E-state index contributed by atoms with van der Waals surface area (Å²) in [6.07, 6.45) is 0.924. The van der Waals surface area contributed by atoms with Crippen LogP contribution >= 0.6 is 0 Å². The molecule has 130 valence electrons. The molecule has 0 fully saturated rings. The third-order valence-electron chi connectivity index (χ3n) is 3.85. The molecule has 0 aliphatic heterocycles. The smallest absolute Gasteiger partial charge is 0.336 e. The molecule has 2 rings (SSSR count). The molecule has 2 aromatic rings. The summed E-state index contributed by atoms with van der Waals surface area (Å²) in [4.78, 5) is 24.7. The maximum atomic E-state index is 11.8. The molecule has 1 amide bonds. The second-order valence-electron chi connectivity index (χ2n) is 6.26. The van der Waals surface area contributed by atoms with Crippen molar-refractivity contribution in [1.29, 1.82) is 0 Å². The van der Waals surface area contributed by atoms with Gasteiger partial charge in [0.2, 0.25) is 0 Å². The van der Waals surface area contributed by atoms with Gasteiger partial charge in [0.05, 0.1) is 20.6 Å². The van der Waals surface area contributed by atoms with Crippen molar-refractivity contribution in [2.75, 3.05) is 33.8 Å². The first kappa shape index (κ1) is 18.0. The number of hydrogen-bond donors (Lipinski definition) is 2. The molecule has 0 spiro atoms. The van der Waals surface area contributed by atoms with E-state index in [4.69, 9.17) is 9.15 Å². The molecule has 0 atom stereocenters. The highest BCUT2D eigenvalue weighted by atomic mass is 16.5. The number of hydrogen-bond acceptors (Lipinski definition) is 4. The number of fused-ring (bicyclic) bond motifs is 1. The van der Waals surface area contributed by atoms with Crippen LogP contribution in [0.3, 0.4) is 0 Å². The number of nitrogens with one attached hydrogen (secondary N) is 2. The zero-order valence-electron chi connectivity index (χ0n) is 14.7. The van der Waals surface area contributed by atoms with Crippen LogP contribution in [0.25, 0.3) is 11.0 Å². The Morgan fingerprint density at radius 3 is 2.75 bits per heavy atom. The predicted octanol–water partition coefficient (Wildman–Crippen LogP) is 0.439. The lowest BCUT2D eigenvalue weighted by Crippen LogP contribution is -3.05. The largest absolute Gasteiger partial charge is 0.483 e. The molecule has 0 aliphatic carbocycles. The van der Waals surface area contributed by atoms with Crippen molar-refractivity contribution in [3.8, 4) is 5.75 Å². The van der Waals surface area contributed by atoms with Gasteiger partial charge in [0.25, 0.3) is 5.91 Å². The van der Waals surface area contributed by atoms with Crippen LogP contribution in [-0.4, -0.2) is 39.7 Å². The number of carbonyl (C=O) groups excluding carboxylic acids is 1. The van der Waals surface area contributed by atoms with E-state index in [-0.39, 0.29) is 18.1 Å². The minimum atomic E-state index is -0.388. The molecule has 1 aromatic carbocycles. The zero-order chi connectivity index (χ0) is 17.7. The molecule has 2 N–H and O–H groups in total. The van der Waals surface area contributed by atoms with Crippen molar-refractivity contribution in [3.63, 3.8) is 0 Å². The molecule has 6 nitrogen and oxygen atoms in total. The third-order valence-corrected chi connectivity index (χ3v) is 3.85. The Kier molecular flexibility index (Phi) is 5.98. The average Bonchev–Trinajstić information content (AvgIpc) is 2.51. The van der Waals surface area contributed by atoms with E-state index < -0.39 is 0 Å². The van der Waals surface area contributed by atoms with Crippen LogP contribution in [0.15, 0.2) is 27.4 Å². The van der Waals surface area contributed by atoms with Gasteiger partial charge in [-0.05, 0) is 31.5 Å². The summed E-state index contributed by atoms with van der Waals surface area (Å²) in [6, 6.07) is 5.10. The lowest BCUT2D eigenvalue weighted by molar-refractivity contribution is -0.858. The second kappa shape index (κ2) is 7.97. The lowest BCUT2D eigenvalue weighted by atomic mass is 10.1. The third kappa shape index (κ3) is 4.58. The van der Waals surface area contributed by atoms with Crippen LogP contribution < -0.4 is 20.6 Å². The van der Waals surface area contributed by atoms with E-state index in [0.717, 1.165) is 29.5 Å². The van der Waals surface area contributed by atoms with Crippen molar-refractivity contribution < 1.29 is 18.8 Å². The Labute approximate surface area is 141 Å². The normalized spacial score (nSPS) is 11.0. The van der Waals surface area contributed by atoms with Crippen LogP contribution in [0.5, 0.6) is 5.75 Å². The first-order valence-corrected chi connectivity index (χ1v) is 8.11. The summed E-state index contributed by atoms with van der Waals surface area (Å²) in [5, 5.41) is 3.70. The van der Waals surface area contributed by atoms with Crippen molar-refractivity contribution >= 4 is 16.9 Å². The maximum Gasteiger partial charge on any atom is 0.336 e. The fourth-order valence-electron chi connectivity index (χ4n) is 2.52. The summed E-state index contributed by atoms with van der Waals surface area (Å²) >= 11 is 0. The molecular formula is C18H25N2O4+. The monoisotopic (exact) mass is 333 g/mol. The van der Waals surface area contributed by atoms with Gasteiger partial charge in [-0.2, -0.15) is 0 Å². The van der Waals surface area contributed by atoms with Crippen LogP contribution in [0, 0.1) is 13.8 Å². The van der Waals surface area contributed by atoms with Gasteiger partial charge in [-0.15, -0.1) is 0 Å². The van der Waals surface area contributed by atoms with E-state index in [1.165, 1.54) is 11.0 Å². The van der Waals surface area contributed by atoms with Gasteiger partial charge >= 0.3 is 5.63 Å². The second-order valence-corrected chi connectivity index (χ2v) is 6.26. The van der Waals surface area contributed by atoms with Crippen molar-refractivity contribution in [2.45, 2.75) is 20.3 Å². The Morgan fingerprint density at radius 2 is 2.04 bits per heavy atom. The van der Waals surface area contributed by atoms with Gasteiger partial charge in [-0.3, -0.25) is 4.79 Å². The minimum absolute atomic E-state index is 0.0583. The van der Waals surface area contributed by atoms with Crippen LogP contribution in [0.1, 0.15) is 17.5 Å². The summed E-state index contributed by atoms with van der Waals surface area (Å²) in [7, 11) is 4.15. The van der Waals surface area contributed by atoms with E-state index in [0.29, 0.717) is 17.9 Å². The molecule has 6 heteroatoms. The van der Waals surface area contributed by atoms with Gasteiger partial charge in [-0.1, -0.05) is 0 Å². The van der Waals surface area contributed by atoms with Gasteiger partial charge in [0.15, 0.2) is 6.61 Å². The standard InChI is InChI=1S/C18H24N2O4/c1-12-10-17(22)24-18-13(2)15(7-6-14(12)18)23-11-16(21)19-8-5-9-20(3)4/h6-7,10H,5,8-9,11H2,1-4H3,(H,19,21)/p+1. The zero-order valence-corrected chi connectivity index (χ0v) is 14.7. The Balaban J connectivity index is 1.99. The minimum Gasteiger partial charge on any atom is -0.483 e. The van der Waals surface area contributed by atoms with E-state index in [1.54, 1.807) is 6.07 Å². The highest BCUT2D eigenvalue weighted by Gasteiger charge is 2.11. The van der Waals surface area contributed by atoms with Gasteiger partial charge in [0, 0.05) is 30.0 Å². The average molecular weight is 333 g/mol. The van der Waals surface area contributed by atoms with Gasteiger partial charge in [-0.25, -0.2) is 4.79 Å². The van der Waals surface area contributed by atoms with E-state index in [9.17, 15) is 9.59 Å². The Hall–Kier alpha value is -2.34. The van der Waals surface area contributed by atoms with Crippen molar-refractivity contribution in [2.24, 2.45) is 0 Å². The number of carbonyl (C=O) groups is 1. The molecule has 0 aliphatic rings. The predicted molar refractivity (Wildman–Crippen MR) is 92.8 cm³/mol. The Bertz CT molecular complexity index is 780. The fraction of sp³-hybridized carbons (Fsp3) is 0.444. The highest BCUT2D eigenvalue weighted by Crippen LogP contribution is 2.27. The van der Waals surface area contributed by atoms with Crippen molar-refractivity contribution in [1.82, 2.24) is 5.32 Å². The SMILES string of the molecule is Cc1cc(=O)oc2c(C)c(OCC(=O)NCCC[NH+](C)C)ccc12. The topological polar surface area (TPSA) is 73.0 Å². The summed E-state index contributed by atoms with van der Waals surface area (Å²) < 4.78 is 10.9. The van der Waals surface area contributed by atoms with E-state index in [2.05, 4.69) is 19.4 Å². The fourth-order valence-corrected chi connectivity index (χ4v) is 2.52. The first-order valence-electron chi connectivity index (χ1n) is 8.11. The molecule has 1 heterocycles. The van der Waals surface area contributed by atoms with E-state index >= 15 is 0 Å². The van der Waals surface area contributed by atoms with Crippen LogP contribution in [0.2, 0.25) is 0 Å². The van der Waals surface area contributed by atoms with Gasteiger partial charge < -0.3 is 19.4 Å². The maximum absolute atomic E-state index is 11.8. The quantitative estimate of drug-likeness (QED) is 0.570. The van der Waals surface area contributed by atoms with Crippen molar-refractivity contribution in [3.05, 3.63) is 39.7 Å². The van der Waals surface area contributed by atoms with Crippen LogP contribution in [0.4, 0.5) is 0 Å². The lowest BCUT2D eigenvalue weighted by Gasteiger charge is -2.12. The summed E-state index contributed by atoms with van der Waals surface area (Å²) in [6.45, 7) is 5.26. The van der Waals surface area contributed by atoms with E-state index in [1.807, 2.05) is 19.9 Å². The molecule has 0 saturated heterocycles. The molecule has 0 unspecified atom stereocenters. The highest BCUT2D eigenvalue weighted by molar-refractivity contribution is 5.85. The number of rotatable bonds is 7. The summed E-state index contributed by atoms with van der Waals surface area (Å²) in [5.74, 6) is 0.387. The van der Waals surface area contributed by atoms with Gasteiger partial charge in [0.1, 0.15) is 11.3 Å². The first-order chi connectivity index (χ1) is 11.4. The Morgan fingerprint density at radius 1 is 1.29 bits per heavy atom. The number of ether oxygens (including phenoxy) is 1. The number of benzene rings is 1. The molecule has 24 heavy (non-hydrogen) atoms. The molecule has 1 aromatic heterocycles. The summed E-state index contributed by atoms with van der Waals surface area (Å²) in [5.41, 5.74) is 1.70. The molecular weight excluding hydrogens is 308 g/mol. The molecule has 0 bridgehead atoms. The number of quaternary nitrogens is 1. The molecule has 0 radical (unpaired) electrons.